The average molecular weight is 382 g/mol. The van der Waals surface area contributed by atoms with E-state index in [0.717, 1.165) is 12.8 Å². The fraction of sp³-hybridized carbons (Fsp3) is 0.267. The number of nitrogens with two attached hydrogens (primary N) is 2. The third-order valence-corrected chi connectivity index (χ3v) is 4.66. The van der Waals surface area contributed by atoms with Crippen molar-refractivity contribution in [1.82, 2.24) is 9.78 Å². The van der Waals surface area contributed by atoms with Crippen molar-refractivity contribution in [1.29, 1.82) is 0 Å². The van der Waals surface area contributed by atoms with E-state index < -0.39 is 17.0 Å². The van der Waals surface area contributed by atoms with Crippen LogP contribution in [-0.2, 0) is 16.8 Å². The molecule has 25 heavy (non-hydrogen) atoms. The van der Waals surface area contributed by atoms with Gasteiger partial charge in [0.15, 0.2) is 17.0 Å². The highest BCUT2D eigenvalue weighted by Gasteiger charge is 2.33. The van der Waals surface area contributed by atoms with Crippen LogP contribution in [0.25, 0.3) is 5.69 Å². The van der Waals surface area contributed by atoms with Crippen molar-refractivity contribution in [3.8, 4) is 5.69 Å². The summed E-state index contributed by atoms with van der Waals surface area (Å²) >= 11 is 4.32. The van der Waals surface area contributed by atoms with Crippen LogP contribution in [0.1, 0.15) is 40.4 Å². The number of hydrogen-bond donors (Lipinski definition) is 3. The van der Waals surface area contributed by atoms with Crippen LogP contribution in [-0.4, -0.2) is 30.4 Å². The van der Waals surface area contributed by atoms with Gasteiger partial charge in [-0.1, -0.05) is 17.7 Å². The molecule has 1 unspecified atom stereocenters. The lowest BCUT2D eigenvalue weighted by Crippen LogP contribution is -2.24. The Hall–Kier alpha value is -2.23. The van der Waals surface area contributed by atoms with Crippen LogP contribution in [0.2, 0.25) is 5.02 Å². The van der Waals surface area contributed by atoms with Gasteiger partial charge >= 0.3 is 0 Å². The minimum atomic E-state index is -1.97. The topological polar surface area (TPSA) is 137 Å². The van der Waals surface area contributed by atoms with Crippen LogP contribution in [0.5, 0.6) is 0 Å². The number of benzene rings is 1. The Morgan fingerprint density at radius 3 is 2.76 bits per heavy atom. The normalized spacial score (nSPS) is 15.0. The first-order valence-electron chi connectivity index (χ1n) is 7.45. The fourth-order valence-corrected chi connectivity index (χ4v) is 3.26. The van der Waals surface area contributed by atoms with Gasteiger partial charge in [0.1, 0.15) is 0 Å². The Morgan fingerprint density at radius 1 is 1.44 bits per heavy atom. The molecule has 1 fully saturated rings. The summed E-state index contributed by atoms with van der Waals surface area (Å²) in [5, 5.41) is 4.69. The number of nitrogens with zero attached hydrogens (tertiary/aromatic N) is 3. The van der Waals surface area contributed by atoms with E-state index in [0.29, 0.717) is 27.5 Å². The highest BCUT2D eigenvalue weighted by Crippen LogP contribution is 2.43. The molecule has 1 heterocycles. The average Bonchev–Trinajstić information content (AvgIpc) is 3.26. The maximum absolute atomic E-state index is 12.2. The molecule has 0 bridgehead atoms. The summed E-state index contributed by atoms with van der Waals surface area (Å²) in [6, 6.07) is 4.99. The van der Waals surface area contributed by atoms with Gasteiger partial charge in [0.2, 0.25) is 0 Å². The lowest BCUT2D eigenvalue weighted by molar-refractivity contribution is 0.100. The molecule has 0 saturated heterocycles. The maximum atomic E-state index is 12.2. The van der Waals surface area contributed by atoms with E-state index in [1.54, 1.807) is 22.9 Å². The van der Waals surface area contributed by atoms with Gasteiger partial charge in [-0.15, -0.1) is 0 Å². The summed E-state index contributed by atoms with van der Waals surface area (Å²) in [6.45, 7) is 0. The minimum Gasteiger partial charge on any atom is -0.370 e. The first-order valence-corrected chi connectivity index (χ1v) is 9.10. The number of halogens is 1. The second-order valence-electron chi connectivity index (χ2n) is 5.72. The van der Waals surface area contributed by atoms with E-state index in [1.165, 1.54) is 6.20 Å². The summed E-state index contributed by atoms with van der Waals surface area (Å²) in [5.74, 6) is -0.728. The van der Waals surface area contributed by atoms with Crippen LogP contribution >= 0.6 is 11.6 Å². The summed E-state index contributed by atoms with van der Waals surface area (Å²) in [6.07, 6.45) is 3.26. The van der Waals surface area contributed by atoms with E-state index in [4.69, 9.17) is 27.6 Å². The number of carbonyl (C=O) groups excluding carboxylic acids is 1. The van der Waals surface area contributed by atoms with E-state index >= 15 is 0 Å². The van der Waals surface area contributed by atoms with Crippen LogP contribution in [0.15, 0.2) is 29.4 Å². The minimum absolute atomic E-state index is 0.0238. The highest BCUT2D eigenvalue weighted by molar-refractivity contribution is 7.78. The van der Waals surface area contributed by atoms with E-state index in [2.05, 4.69) is 10.1 Å². The number of amides is 1. The molecule has 1 atom stereocenters. The van der Waals surface area contributed by atoms with Gasteiger partial charge in [0.25, 0.3) is 5.91 Å². The van der Waals surface area contributed by atoms with Crippen molar-refractivity contribution < 1.29 is 13.6 Å². The zero-order valence-electron chi connectivity index (χ0n) is 13.1. The second kappa shape index (κ2) is 6.95. The predicted octanol–water partition coefficient (Wildman–Crippen LogP) is 1.54. The Morgan fingerprint density at radius 2 is 2.16 bits per heavy atom. The first-order chi connectivity index (χ1) is 11.9. The smallest absolute Gasteiger partial charge is 0.283 e. The van der Waals surface area contributed by atoms with Gasteiger partial charge in [-0.3, -0.25) is 4.79 Å². The van der Waals surface area contributed by atoms with Gasteiger partial charge in [-0.05, 0) is 30.5 Å². The van der Waals surface area contributed by atoms with Crippen molar-refractivity contribution in [2.24, 2.45) is 16.5 Å². The molecule has 1 aliphatic carbocycles. The lowest BCUT2D eigenvalue weighted by atomic mass is 10.1. The molecule has 1 aromatic carbocycles. The fourth-order valence-electron chi connectivity index (χ4n) is 2.59. The standard InChI is InChI=1S/C15H16ClN5O3S/c16-11-4-1-8(7-25(23)24)5-12(11)21-13(9-2-3-9)10(6-19-21)14(22)20-15(17)18/h1,4-6,9H,2-3,7H2,(H,23,24)(H4,17,18,20,22). The van der Waals surface area contributed by atoms with Gasteiger partial charge in [0, 0.05) is 5.92 Å². The maximum Gasteiger partial charge on any atom is 0.283 e. The zero-order valence-corrected chi connectivity index (χ0v) is 14.6. The Kier molecular flexibility index (Phi) is 4.89. The Labute approximate surface area is 151 Å². The van der Waals surface area contributed by atoms with Gasteiger partial charge in [-0.2, -0.15) is 10.1 Å². The Balaban J connectivity index is 2.09. The molecule has 132 valence electrons. The van der Waals surface area contributed by atoms with Crippen molar-refractivity contribution in [2.45, 2.75) is 24.5 Å². The number of guanidine groups is 1. The molecule has 5 N–H and O–H groups in total. The molecule has 3 rings (SSSR count). The van der Waals surface area contributed by atoms with Crippen LogP contribution in [0.3, 0.4) is 0 Å². The van der Waals surface area contributed by atoms with E-state index in [1.807, 2.05) is 0 Å². The molecule has 0 radical (unpaired) electrons. The van der Waals surface area contributed by atoms with E-state index in [9.17, 15) is 9.00 Å². The molecule has 8 nitrogen and oxygen atoms in total. The van der Waals surface area contributed by atoms with Crippen molar-refractivity contribution in [2.75, 3.05) is 0 Å². The molecular weight excluding hydrogens is 366 g/mol. The van der Waals surface area contributed by atoms with Crippen LogP contribution in [0, 0.1) is 0 Å². The number of carbonyl (C=O) groups is 1. The second-order valence-corrected chi connectivity index (χ2v) is 7.06. The first kappa shape index (κ1) is 17.6. The third-order valence-electron chi connectivity index (χ3n) is 3.76. The summed E-state index contributed by atoms with van der Waals surface area (Å²) in [4.78, 5) is 15.8. The zero-order chi connectivity index (χ0) is 18.1. The SMILES string of the molecule is NC(N)=NC(=O)c1cnn(-c2cc(CS(=O)O)ccc2Cl)c1C1CC1. The monoisotopic (exact) mass is 381 g/mol. The summed E-state index contributed by atoms with van der Waals surface area (Å²) < 4.78 is 21.7. The summed E-state index contributed by atoms with van der Waals surface area (Å²) in [5.41, 5.74) is 12.8. The van der Waals surface area contributed by atoms with Crippen LogP contribution in [0.4, 0.5) is 0 Å². The number of hydrogen-bond acceptors (Lipinski definition) is 3. The summed E-state index contributed by atoms with van der Waals surface area (Å²) in [7, 11) is 0. The molecule has 1 saturated carbocycles. The highest BCUT2D eigenvalue weighted by atomic mass is 35.5. The third kappa shape index (κ3) is 3.89. The molecule has 0 spiro atoms. The van der Waals surface area contributed by atoms with Crippen molar-refractivity contribution in [3.05, 3.63) is 46.2 Å². The molecule has 1 aromatic heterocycles. The lowest BCUT2D eigenvalue weighted by Gasteiger charge is -2.11. The molecule has 10 heteroatoms. The number of aromatic nitrogens is 2. The van der Waals surface area contributed by atoms with Crippen LogP contribution < -0.4 is 11.5 Å². The molecule has 0 aliphatic heterocycles. The predicted molar refractivity (Wildman–Crippen MR) is 95.2 cm³/mol. The molecule has 2 aromatic rings. The van der Waals surface area contributed by atoms with Crippen molar-refractivity contribution >= 4 is 34.5 Å². The van der Waals surface area contributed by atoms with Gasteiger partial charge in [0.05, 0.1) is 33.9 Å². The van der Waals surface area contributed by atoms with Gasteiger partial charge in [-0.25, -0.2) is 8.89 Å². The van der Waals surface area contributed by atoms with Gasteiger partial charge < -0.3 is 16.0 Å². The largest absolute Gasteiger partial charge is 0.370 e. The van der Waals surface area contributed by atoms with Crippen molar-refractivity contribution in [3.63, 3.8) is 0 Å². The molecule has 1 amide bonds. The molecule has 1 aliphatic rings. The number of aliphatic imine (C=N–C) groups is 1. The molecular formula is C15H16ClN5O3S. The number of rotatable bonds is 5. The quantitative estimate of drug-likeness (QED) is 0.408. The van der Waals surface area contributed by atoms with E-state index in [-0.39, 0.29) is 17.6 Å². The Bertz CT molecular complexity index is 887.